The Labute approximate surface area is 381 Å². The number of hydrogen-bond acceptors (Lipinski definition) is 10. The van der Waals surface area contributed by atoms with Gasteiger partial charge in [0.1, 0.15) is 12.2 Å². The zero-order chi connectivity index (χ0) is 45.6. The Bertz CT molecular complexity index is 1850. The third kappa shape index (κ3) is 8.78. The van der Waals surface area contributed by atoms with Crippen molar-refractivity contribution in [2.75, 3.05) is 13.2 Å². The summed E-state index contributed by atoms with van der Waals surface area (Å²) in [6.45, 7) is 12.9. The molecule has 14 atom stereocenters. The molecule has 0 amide bonds. The Morgan fingerprint density at radius 1 is 0.578 bits per heavy atom. The summed E-state index contributed by atoms with van der Waals surface area (Å²) < 4.78 is 22.9. The molecule has 0 heterocycles. The molecule has 0 spiro atoms. The lowest BCUT2D eigenvalue weighted by atomic mass is 9.44. The second kappa shape index (κ2) is 18.5. The Morgan fingerprint density at radius 3 is 1.38 bits per heavy atom. The minimum Gasteiger partial charge on any atom is -0.463 e. The third-order valence-electron chi connectivity index (χ3n) is 19.1. The molecule has 6 saturated carbocycles. The van der Waals surface area contributed by atoms with Gasteiger partial charge in [0, 0.05) is 49.7 Å². The van der Waals surface area contributed by atoms with Crippen LogP contribution in [0.2, 0.25) is 0 Å². The van der Waals surface area contributed by atoms with Crippen molar-refractivity contribution in [3.63, 3.8) is 0 Å². The van der Waals surface area contributed by atoms with Crippen LogP contribution in [0.15, 0.2) is 47.6 Å². The van der Waals surface area contributed by atoms with Crippen LogP contribution < -0.4 is 0 Å². The minimum atomic E-state index is -0.384. The number of allylic oxidation sites excluding steroid dienone is 4. The predicted molar refractivity (Wildman–Crippen MR) is 241 cm³/mol. The highest BCUT2D eigenvalue weighted by atomic mass is 16.6. The Balaban J connectivity index is 0.804. The summed E-state index contributed by atoms with van der Waals surface area (Å²) >= 11 is 0. The van der Waals surface area contributed by atoms with Crippen LogP contribution in [-0.4, -0.2) is 60.9 Å². The van der Waals surface area contributed by atoms with E-state index in [1.54, 1.807) is 12.2 Å². The van der Waals surface area contributed by atoms with Crippen molar-refractivity contribution in [2.45, 2.75) is 169 Å². The van der Waals surface area contributed by atoms with Crippen LogP contribution in [0.1, 0.15) is 157 Å². The number of carbonyl (C=O) groups excluding carboxylic acids is 6. The van der Waals surface area contributed by atoms with Crippen molar-refractivity contribution < 1.29 is 47.7 Å². The molecule has 8 aliphatic carbocycles. The Morgan fingerprint density at radius 2 is 0.984 bits per heavy atom. The van der Waals surface area contributed by atoms with Gasteiger partial charge in [0.2, 0.25) is 0 Å². The SMILES string of the molecule is CC(=O)O[C@H]1CC[C@H]2[C@@H]3[C@H](C/C=C/C(=O)OCCCCOC(=O)/C=C/C[C@@H]4CC5=CC(=O)CC[C@]5(C)[C@H]5CC[C@]6(C)[C@@H](OC(C)=O)CC[C@H]6[C@H]45)CC4=CC(=O)CC[C@]4(C)[C@H]3CC[C@]12C. The van der Waals surface area contributed by atoms with Gasteiger partial charge in [0.25, 0.3) is 0 Å². The fraction of sp³-hybridized carbons (Fsp3) is 0.741. The molecule has 350 valence electrons. The lowest BCUT2D eigenvalue weighted by molar-refractivity contribution is -0.159. The molecule has 0 bridgehead atoms. The van der Waals surface area contributed by atoms with E-state index in [0.29, 0.717) is 61.2 Å². The monoisotopic (exact) mass is 883 g/mol. The smallest absolute Gasteiger partial charge is 0.330 e. The molecule has 0 saturated heterocycles. The van der Waals surface area contributed by atoms with Gasteiger partial charge < -0.3 is 18.9 Å². The predicted octanol–water partition coefficient (Wildman–Crippen LogP) is 10.1. The number of carbonyl (C=O) groups is 6. The average Bonchev–Trinajstić information content (AvgIpc) is 3.74. The van der Waals surface area contributed by atoms with Gasteiger partial charge in [-0.3, -0.25) is 19.2 Å². The number of unbranched alkanes of at least 4 members (excludes halogenated alkanes) is 1. The number of esters is 4. The van der Waals surface area contributed by atoms with E-state index >= 15 is 0 Å². The molecule has 10 heteroatoms. The summed E-state index contributed by atoms with van der Waals surface area (Å²) in [4.78, 5) is 75.0. The van der Waals surface area contributed by atoms with Gasteiger partial charge in [-0.2, -0.15) is 0 Å². The molecule has 0 aliphatic heterocycles. The fourth-order valence-electron chi connectivity index (χ4n) is 15.9. The van der Waals surface area contributed by atoms with Crippen molar-refractivity contribution in [1.82, 2.24) is 0 Å². The van der Waals surface area contributed by atoms with E-state index in [1.165, 1.54) is 25.0 Å². The quantitative estimate of drug-likeness (QED) is 0.0760. The van der Waals surface area contributed by atoms with Crippen molar-refractivity contribution in [1.29, 1.82) is 0 Å². The highest BCUT2D eigenvalue weighted by Crippen LogP contribution is 2.69. The Hall–Kier alpha value is -3.82. The van der Waals surface area contributed by atoms with Crippen LogP contribution >= 0.6 is 0 Å². The number of fused-ring (bicyclic) bond motifs is 10. The van der Waals surface area contributed by atoms with E-state index in [4.69, 9.17) is 18.9 Å². The van der Waals surface area contributed by atoms with E-state index in [2.05, 4.69) is 27.7 Å². The summed E-state index contributed by atoms with van der Waals surface area (Å²) in [5.41, 5.74) is 2.44. The van der Waals surface area contributed by atoms with Crippen LogP contribution in [0.25, 0.3) is 0 Å². The first kappa shape index (κ1) is 46.7. The molecule has 8 rings (SSSR count). The standard InChI is InChI=1S/C54H74O10/c1-33(55)63-45-17-15-41-49-35(29-37-31-39(57)19-23-51(37,3)43(49)21-25-53(41,45)5)11-9-13-47(59)61-27-7-8-28-62-48(60)14-10-12-36-30-38-32-40(58)20-24-52(38,4)44-22-26-54(6)42(50(36)44)16-18-46(54)64-34(2)56/h9-10,13-14,31-32,35-36,41-46,49-50H,7-8,11-12,15-30H2,1-6H3/b13-9+,14-10+/t35-,36-,41+,42+,43+,44+,45+,46+,49+,50+,51+,52+,53+,54+/m1/s1. The van der Waals surface area contributed by atoms with Gasteiger partial charge in [0.15, 0.2) is 11.6 Å². The first-order valence-corrected chi connectivity index (χ1v) is 24.9. The highest BCUT2D eigenvalue weighted by Gasteiger charge is 2.63. The summed E-state index contributed by atoms with van der Waals surface area (Å²) in [7, 11) is 0. The summed E-state index contributed by atoms with van der Waals surface area (Å²) in [6.07, 6.45) is 26.0. The topological polar surface area (TPSA) is 139 Å². The first-order chi connectivity index (χ1) is 30.5. The summed E-state index contributed by atoms with van der Waals surface area (Å²) in [5.74, 6) is 2.44. The van der Waals surface area contributed by atoms with Gasteiger partial charge in [-0.15, -0.1) is 0 Å². The molecule has 0 aromatic carbocycles. The lowest BCUT2D eigenvalue weighted by Crippen LogP contribution is -2.54. The van der Waals surface area contributed by atoms with E-state index in [0.717, 1.165) is 89.9 Å². The number of hydrogen-bond donors (Lipinski definition) is 0. The molecule has 0 unspecified atom stereocenters. The van der Waals surface area contributed by atoms with Crippen molar-refractivity contribution >= 4 is 35.4 Å². The van der Waals surface area contributed by atoms with Crippen LogP contribution in [0.4, 0.5) is 0 Å². The molecule has 64 heavy (non-hydrogen) atoms. The number of ether oxygens (including phenoxy) is 4. The second-order valence-electron chi connectivity index (χ2n) is 22.4. The maximum atomic E-state index is 12.8. The van der Waals surface area contributed by atoms with Gasteiger partial charge in [-0.25, -0.2) is 9.59 Å². The lowest BCUT2D eigenvalue weighted by Gasteiger charge is -2.60. The average molecular weight is 883 g/mol. The highest BCUT2D eigenvalue weighted by molar-refractivity contribution is 5.92. The number of ketones is 2. The number of rotatable bonds is 13. The van der Waals surface area contributed by atoms with Crippen molar-refractivity contribution in [3.8, 4) is 0 Å². The van der Waals surface area contributed by atoms with Gasteiger partial charge in [-0.05, 0) is 173 Å². The molecular weight excluding hydrogens is 809 g/mol. The molecule has 0 aromatic heterocycles. The van der Waals surface area contributed by atoms with E-state index < -0.39 is 0 Å². The van der Waals surface area contributed by atoms with Gasteiger partial charge in [-0.1, -0.05) is 51.0 Å². The zero-order valence-electron chi connectivity index (χ0n) is 39.5. The maximum Gasteiger partial charge on any atom is 0.330 e. The molecule has 0 radical (unpaired) electrons. The summed E-state index contributed by atoms with van der Waals surface area (Å²) in [5, 5.41) is 0. The second-order valence-corrected chi connectivity index (χ2v) is 22.4. The molecule has 8 aliphatic rings. The largest absolute Gasteiger partial charge is 0.463 e. The van der Waals surface area contributed by atoms with Crippen molar-refractivity contribution in [2.24, 2.45) is 69.0 Å². The van der Waals surface area contributed by atoms with E-state index in [1.807, 2.05) is 24.3 Å². The molecule has 0 N–H and O–H groups in total. The normalized spacial score (nSPS) is 41.1. The van der Waals surface area contributed by atoms with Crippen LogP contribution in [0.5, 0.6) is 0 Å². The molecule has 0 aromatic rings. The Kier molecular flexibility index (Phi) is 13.5. The fourth-order valence-corrected chi connectivity index (χ4v) is 15.9. The van der Waals surface area contributed by atoms with Gasteiger partial charge in [0.05, 0.1) is 13.2 Å². The maximum absolute atomic E-state index is 12.8. The van der Waals surface area contributed by atoms with Crippen LogP contribution in [0, 0.1) is 69.0 Å². The molecular formula is C54H74O10. The van der Waals surface area contributed by atoms with E-state index in [9.17, 15) is 28.8 Å². The minimum absolute atomic E-state index is 0.00816. The zero-order valence-corrected chi connectivity index (χ0v) is 39.5. The van der Waals surface area contributed by atoms with E-state index in [-0.39, 0.29) is 94.4 Å². The van der Waals surface area contributed by atoms with Crippen LogP contribution in [0.3, 0.4) is 0 Å². The van der Waals surface area contributed by atoms with Crippen molar-refractivity contribution in [3.05, 3.63) is 47.6 Å². The van der Waals surface area contributed by atoms with Gasteiger partial charge >= 0.3 is 23.9 Å². The molecule has 6 fully saturated rings. The summed E-state index contributed by atoms with van der Waals surface area (Å²) in [6, 6.07) is 0. The first-order valence-electron chi connectivity index (χ1n) is 24.9. The molecule has 10 nitrogen and oxygen atoms in total. The van der Waals surface area contributed by atoms with Crippen LogP contribution in [-0.2, 0) is 47.7 Å². The third-order valence-corrected chi connectivity index (χ3v) is 19.1.